The van der Waals surface area contributed by atoms with Gasteiger partial charge in [0.1, 0.15) is 13.2 Å². The van der Waals surface area contributed by atoms with Gasteiger partial charge >= 0.3 is 17.9 Å². The van der Waals surface area contributed by atoms with Gasteiger partial charge in [0.15, 0.2) is 6.10 Å². The van der Waals surface area contributed by atoms with Crippen molar-refractivity contribution in [2.45, 2.75) is 253 Å². The highest BCUT2D eigenvalue weighted by atomic mass is 16.6. The molecule has 6 nitrogen and oxygen atoms in total. The van der Waals surface area contributed by atoms with Crippen LogP contribution in [-0.4, -0.2) is 37.2 Å². The zero-order chi connectivity index (χ0) is 38.3. The summed E-state index contributed by atoms with van der Waals surface area (Å²) in [5, 5.41) is 0. The molecule has 0 amide bonds. The normalized spacial score (nSPS) is 12.6. The third-order valence-electron chi connectivity index (χ3n) is 10.6. The van der Waals surface area contributed by atoms with Gasteiger partial charge in [-0.25, -0.2) is 0 Å². The lowest BCUT2D eigenvalue weighted by Gasteiger charge is -2.18. The maximum absolute atomic E-state index is 12.7. The predicted molar refractivity (Wildman–Crippen MR) is 220 cm³/mol. The molecule has 0 spiro atoms. The molecule has 0 aromatic carbocycles. The third-order valence-corrected chi connectivity index (χ3v) is 10.6. The fourth-order valence-electron chi connectivity index (χ4n) is 6.72. The van der Waals surface area contributed by atoms with Gasteiger partial charge in [-0.2, -0.15) is 0 Å². The van der Waals surface area contributed by atoms with Gasteiger partial charge in [-0.05, 0) is 31.1 Å². The fourth-order valence-corrected chi connectivity index (χ4v) is 6.72. The van der Waals surface area contributed by atoms with E-state index in [4.69, 9.17) is 14.2 Å². The van der Waals surface area contributed by atoms with Crippen molar-refractivity contribution < 1.29 is 28.6 Å². The summed E-state index contributed by atoms with van der Waals surface area (Å²) in [5.74, 6) is 0.771. The zero-order valence-corrected chi connectivity index (χ0v) is 35.4. The number of unbranched alkanes of at least 4 members (excludes halogenated alkanes) is 24. The van der Waals surface area contributed by atoms with E-state index < -0.39 is 6.10 Å². The van der Waals surface area contributed by atoms with Crippen LogP contribution in [0.1, 0.15) is 247 Å². The number of rotatable bonds is 40. The van der Waals surface area contributed by atoms with Crippen LogP contribution in [0, 0.1) is 11.8 Å². The first-order valence-electron chi connectivity index (χ1n) is 22.8. The van der Waals surface area contributed by atoms with Crippen molar-refractivity contribution in [2.75, 3.05) is 13.2 Å². The Kier molecular flexibility index (Phi) is 37.9. The minimum atomic E-state index is -0.760. The summed E-state index contributed by atoms with van der Waals surface area (Å²) in [4.78, 5) is 37.6. The quantitative estimate of drug-likeness (QED) is 0.0354. The van der Waals surface area contributed by atoms with Gasteiger partial charge in [0.05, 0.1) is 0 Å². The van der Waals surface area contributed by atoms with Crippen molar-refractivity contribution in [3.63, 3.8) is 0 Å². The zero-order valence-electron chi connectivity index (χ0n) is 35.4. The Balaban J connectivity index is 4.32. The molecule has 0 bridgehead atoms. The first-order valence-corrected chi connectivity index (χ1v) is 22.8. The average Bonchev–Trinajstić information content (AvgIpc) is 3.12. The van der Waals surface area contributed by atoms with E-state index in [-0.39, 0.29) is 31.1 Å². The highest BCUT2D eigenvalue weighted by molar-refractivity contribution is 5.71. The van der Waals surface area contributed by atoms with Crippen LogP contribution >= 0.6 is 0 Å². The lowest BCUT2D eigenvalue weighted by molar-refractivity contribution is -0.167. The fraction of sp³-hybridized carbons (Fsp3) is 0.935. The molecule has 0 N–H and O–H groups in total. The Morgan fingerprint density at radius 2 is 0.731 bits per heavy atom. The Morgan fingerprint density at radius 1 is 0.404 bits per heavy atom. The van der Waals surface area contributed by atoms with Crippen molar-refractivity contribution in [1.29, 1.82) is 0 Å². The Morgan fingerprint density at radius 3 is 1.10 bits per heavy atom. The van der Waals surface area contributed by atoms with Crippen LogP contribution < -0.4 is 0 Å². The van der Waals surface area contributed by atoms with Gasteiger partial charge in [0.2, 0.25) is 0 Å². The standard InChI is InChI=1S/C46H88O6/c1-6-8-9-10-11-12-13-18-21-28-33-38-46(49)52-43(40-51-45(48)37-32-27-23-22-24-29-34-41(3)4)39-50-44(47)36-31-26-20-17-15-14-16-19-25-30-35-42(5)7-2/h41-43H,6-40H2,1-5H3/t42?,43-/m1/s1. The molecule has 0 heterocycles. The Bertz CT molecular complexity index is 796. The first kappa shape index (κ1) is 50.4. The summed E-state index contributed by atoms with van der Waals surface area (Å²) in [6, 6.07) is 0. The number of hydrogen-bond donors (Lipinski definition) is 0. The van der Waals surface area contributed by atoms with Crippen LogP contribution in [0.2, 0.25) is 0 Å². The summed E-state index contributed by atoms with van der Waals surface area (Å²) < 4.78 is 16.7. The van der Waals surface area contributed by atoms with Gasteiger partial charge < -0.3 is 14.2 Å². The van der Waals surface area contributed by atoms with Crippen molar-refractivity contribution in [2.24, 2.45) is 11.8 Å². The molecule has 6 heteroatoms. The van der Waals surface area contributed by atoms with Crippen LogP contribution in [0.15, 0.2) is 0 Å². The molecule has 0 aromatic rings. The topological polar surface area (TPSA) is 78.9 Å². The number of carbonyl (C=O) groups is 3. The summed E-state index contributed by atoms with van der Waals surface area (Å²) in [6.45, 7) is 11.3. The van der Waals surface area contributed by atoms with E-state index in [9.17, 15) is 14.4 Å². The predicted octanol–water partition coefficient (Wildman–Crippen LogP) is 14.2. The molecule has 308 valence electrons. The van der Waals surface area contributed by atoms with E-state index in [1.165, 1.54) is 135 Å². The van der Waals surface area contributed by atoms with Crippen LogP contribution in [0.5, 0.6) is 0 Å². The van der Waals surface area contributed by atoms with E-state index in [2.05, 4.69) is 34.6 Å². The second-order valence-electron chi connectivity index (χ2n) is 16.4. The average molecular weight is 737 g/mol. The van der Waals surface area contributed by atoms with E-state index >= 15 is 0 Å². The maximum Gasteiger partial charge on any atom is 0.306 e. The molecule has 2 atom stereocenters. The lowest BCUT2D eigenvalue weighted by Crippen LogP contribution is -2.30. The molecule has 0 radical (unpaired) electrons. The van der Waals surface area contributed by atoms with Crippen molar-refractivity contribution in [3.8, 4) is 0 Å². The van der Waals surface area contributed by atoms with E-state index in [1.807, 2.05) is 0 Å². The van der Waals surface area contributed by atoms with Gasteiger partial charge in [-0.1, -0.05) is 208 Å². The Labute approximate surface area is 323 Å². The van der Waals surface area contributed by atoms with Crippen LogP contribution in [0.4, 0.5) is 0 Å². The summed E-state index contributed by atoms with van der Waals surface area (Å²) in [5.41, 5.74) is 0. The monoisotopic (exact) mass is 737 g/mol. The smallest absolute Gasteiger partial charge is 0.306 e. The minimum Gasteiger partial charge on any atom is -0.462 e. The molecule has 0 aromatic heterocycles. The number of esters is 3. The summed E-state index contributed by atoms with van der Waals surface area (Å²) in [7, 11) is 0. The molecule has 0 saturated carbocycles. The number of carbonyl (C=O) groups excluding carboxylic acids is 3. The molecule has 0 aliphatic rings. The van der Waals surface area contributed by atoms with Gasteiger partial charge in [0, 0.05) is 19.3 Å². The SMILES string of the molecule is CCCCCCCCCCCCCC(=O)O[C@H](COC(=O)CCCCCCCCCCCCC(C)CC)COC(=O)CCCCCCCCC(C)C. The molecule has 52 heavy (non-hydrogen) atoms. The summed E-state index contributed by atoms with van der Waals surface area (Å²) in [6.07, 6.45) is 36.6. The van der Waals surface area contributed by atoms with E-state index in [0.29, 0.717) is 19.3 Å². The molecule has 0 fully saturated rings. The molecule has 0 aliphatic heterocycles. The Hall–Kier alpha value is -1.59. The molecule has 1 unspecified atom stereocenters. The molecular weight excluding hydrogens is 648 g/mol. The highest BCUT2D eigenvalue weighted by Crippen LogP contribution is 2.17. The van der Waals surface area contributed by atoms with Crippen molar-refractivity contribution in [1.82, 2.24) is 0 Å². The van der Waals surface area contributed by atoms with Gasteiger partial charge in [0.25, 0.3) is 0 Å². The van der Waals surface area contributed by atoms with Crippen LogP contribution in [0.25, 0.3) is 0 Å². The molecule has 0 aliphatic carbocycles. The molecule has 0 saturated heterocycles. The number of hydrogen-bond acceptors (Lipinski definition) is 6. The second-order valence-corrected chi connectivity index (χ2v) is 16.4. The first-order chi connectivity index (χ1) is 25.3. The second kappa shape index (κ2) is 39.1. The van der Waals surface area contributed by atoms with Crippen LogP contribution in [-0.2, 0) is 28.6 Å². The van der Waals surface area contributed by atoms with Crippen molar-refractivity contribution in [3.05, 3.63) is 0 Å². The van der Waals surface area contributed by atoms with E-state index in [1.54, 1.807) is 0 Å². The largest absolute Gasteiger partial charge is 0.462 e. The number of ether oxygens (including phenoxy) is 3. The summed E-state index contributed by atoms with van der Waals surface area (Å²) >= 11 is 0. The molecular formula is C46H88O6. The maximum atomic E-state index is 12.7. The highest BCUT2D eigenvalue weighted by Gasteiger charge is 2.19. The van der Waals surface area contributed by atoms with Crippen molar-refractivity contribution >= 4 is 17.9 Å². The van der Waals surface area contributed by atoms with Gasteiger partial charge in [-0.15, -0.1) is 0 Å². The van der Waals surface area contributed by atoms with E-state index in [0.717, 1.165) is 69.6 Å². The lowest BCUT2D eigenvalue weighted by atomic mass is 9.99. The minimum absolute atomic E-state index is 0.0656. The van der Waals surface area contributed by atoms with Gasteiger partial charge in [-0.3, -0.25) is 14.4 Å². The third kappa shape index (κ3) is 38.1. The molecule has 0 rings (SSSR count). The van der Waals surface area contributed by atoms with Crippen LogP contribution in [0.3, 0.4) is 0 Å².